The molecule has 1 amide bonds. The van der Waals surface area contributed by atoms with E-state index in [0.29, 0.717) is 24.3 Å². The summed E-state index contributed by atoms with van der Waals surface area (Å²) in [5.41, 5.74) is -0.437. The lowest BCUT2D eigenvalue weighted by Crippen LogP contribution is -2.45. The molecule has 1 fully saturated rings. The van der Waals surface area contributed by atoms with Crippen LogP contribution in [0.3, 0.4) is 0 Å². The molecule has 0 unspecified atom stereocenters. The third-order valence-electron chi connectivity index (χ3n) is 4.12. The fourth-order valence-corrected chi connectivity index (χ4v) is 2.56. The second-order valence-corrected chi connectivity index (χ2v) is 5.58. The lowest BCUT2D eigenvalue weighted by atomic mass is 9.71. The molecule has 2 rings (SSSR count). The Kier molecular flexibility index (Phi) is 4.32. The molecule has 0 radical (unpaired) electrons. The van der Waals surface area contributed by atoms with E-state index >= 15 is 0 Å². The van der Waals surface area contributed by atoms with E-state index < -0.39 is 11.4 Å². The van der Waals surface area contributed by atoms with E-state index in [1.165, 1.54) is 12.4 Å². The van der Waals surface area contributed by atoms with Gasteiger partial charge in [0.25, 0.3) is 5.91 Å². The molecule has 2 N–H and O–H groups in total. The van der Waals surface area contributed by atoms with Crippen LogP contribution in [-0.2, 0) is 4.79 Å². The fraction of sp³-hybridized carbons (Fsp3) is 0.571. The van der Waals surface area contributed by atoms with Crippen LogP contribution in [-0.4, -0.2) is 33.7 Å². The van der Waals surface area contributed by atoms with Crippen molar-refractivity contribution < 1.29 is 14.7 Å². The van der Waals surface area contributed by atoms with Gasteiger partial charge in [-0.3, -0.25) is 9.59 Å². The predicted octanol–water partition coefficient (Wildman–Crippen LogP) is 1.49. The van der Waals surface area contributed by atoms with E-state index in [1.54, 1.807) is 6.07 Å². The molecule has 0 aromatic carbocycles. The molecule has 0 bridgehead atoms. The van der Waals surface area contributed by atoms with Gasteiger partial charge in [-0.15, -0.1) is 0 Å². The second kappa shape index (κ2) is 5.98. The third-order valence-corrected chi connectivity index (χ3v) is 4.12. The molecular formula is C14H19N3O3. The molecule has 1 aliphatic rings. The number of rotatable bonds is 4. The molecule has 6 heteroatoms. The molecule has 20 heavy (non-hydrogen) atoms. The number of aromatic nitrogens is 2. The van der Waals surface area contributed by atoms with E-state index in [1.807, 2.05) is 0 Å². The zero-order valence-electron chi connectivity index (χ0n) is 11.5. The summed E-state index contributed by atoms with van der Waals surface area (Å²) in [6.07, 6.45) is 5.80. The second-order valence-electron chi connectivity index (χ2n) is 5.58. The minimum absolute atomic E-state index is 0.163. The Morgan fingerprint density at radius 2 is 2.10 bits per heavy atom. The van der Waals surface area contributed by atoms with E-state index in [4.69, 9.17) is 0 Å². The highest BCUT2D eigenvalue weighted by Crippen LogP contribution is 2.38. The van der Waals surface area contributed by atoms with Crippen LogP contribution in [0.15, 0.2) is 18.5 Å². The highest BCUT2D eigenvalue weighted by Gasteiger charge is 2.41. The molecule has 108 valence electrons. The van der Waals surface area contributed by atoms with Crippen molar-refractivity contribution in [1.29, 1.82) is 0 Å². The summed E-state index contributed by atoms with van der Waals surface area (Å²) in [6.45, 7) is 2.29. The van der Waals surface area contributed by atoms with Gasteiger partial charge in [-0.1, -0.05) is 6.92 Å². The zero-order chi connectivity index (χ0) is 14.6. The monoisotopic (exact) mass is 277 g/mol. The normalized spacial score (nSPS) is 25.9. The molecule has 1 aromatic rings. The van der Waals surface area contributed by atoms with Gasteiger partial charge in [0, 0.05) is 6.54 Å². The minimum Gasteiger partial charge on any atom is -0.481 e. The number of nitrogens with zero attached hydrogens (tertiary/aromatic N) is 2. The summed E-state index contributed by atoms with van der Waals surface area (Å²) in [5, 5.41) is 19.4. The van der Waals surface area contributed by atoms with Crippen molar-refractivity contribution in [2.45, 2.75) is 32.6 Å². The van der Waals surface area contributed by atoms with Gasteiger partial charge in [-0.05, 0) is 37.7 Å². The highest BCUT2D eigenvalue weighted by atomic mass is 16.4. The summed E-state index contributed by atoms with van der Waals surface area (Å²) >= 11 is 0. The van der Waals surface area contributed by atoms with Gasteiger partial charge < -0.3 is 10.4 Å². The fourth-order valence-electron chi connectivity index (χ4n) is 2.56. The Morgan fingerprint density at radius 1 is 1.40 bits per heavy atom. The van der Waals surface area contributed by atoms with Crippen LogP contribution in [0, 0.1) is 11.3 Å². The molecule has 0 aliphatic heterocycles. The molecule has 1 heterocycles. The molecule has 6 nitrogen and oxygen atoms in total. The lowest BCUT2D eigenvalue weighted by molar-refractivity contribution is -0.151. The van der Waals surface area contributed by atoms with Gasteiger partial charge >= 0.3 is 5.97 Å². The van der Waals surface area contributed by atoms with Crippen molar-refractivity contribution in [3.63, 3.8) is 0 Å². The first-order valence-electron chi connectivity index (χ1n) is 6.82. The maximum atomic E-state index is 11.9. The van der Waals surface area contributed by atoms with Gasteiger partial charge in [0.2, 0.25) is 0 Å². The SMILES string of the molecule is CC1CCC(CNC(=O)c2ccnnc2)(C(=O)O)CC1. The van der Waals surface area contributed by atoms with Crippen molar-refractivity contribution in [2.75, 3.05) is 6.54 Å². The van der Waals surface area contributed by atoms with Gasteiger partial charge in [-0.2, -0.15) is 10.2 Å². The van der Waals surface area contributed by atoms with Crippen molar-refractivity contribution in [2.24, 2.45) is 11.3 Å². The van der Waals surface area contributed by atoms with E-state index in [9.17, 15) is 14.7 Å². The largest absolute Gasteiger partial charge is 0.481 e. The van der Waals surface area contributed by atoms with Crippen LogP contribution in [0.2, 0.25) is 0 Å². The average Bonchev–Trinajstić information content (AvgIpc) is 2.47. The summed E-state index contributed by atoms with van der Waals surface area (Å²) in [7, 11) is 0. The first-order valence-corrected chi connectivity index (χ1v) is 6.82. The van der Waals surface area contributed by atoms with Crippen LogP contribution in [0.25, 0.3) is 0 Å². The topological polar surface area (TPSA) is 92.2 Å². The number of aliphatic carboxylic acids is 1. The van der Waals surface area contributed by atoms with E-state index in [2.05, 4.69) is 22.4 Å². The summed E-state index contributed by atoms with van der Waals surface area (Å²) in [6, 6.07) is 1.55. The molecular weight excluding hydrogens is 258 g/mol. The number of nitrogens with one attached hydrogen (secondary N) is 1. The van der Waals surface area contributed by atoms with Crippen molar-refractivity contribution >= 4 is 11.9 Å². The molecule has 1 saturated carbocycles. The zero-order valence-corrected chi connectivity index (χ0v) is 11.5. The summed E-state index contributed by atoms with van der Waals surface area (Å²) in [4.78, 5) is 23.5. The number of carboxylic acid groups (broad SMARTS) is 1. The number of carboxylic acids is 1. The molecule has 0 saturated heterocycles. The Balaban J connectivity index is 2.00. The summed E-state index contributed by atoms with van der Waals surface area (Å²) < 4.78 is 0. The van der Waals surface area contributed by atoms with Crippen molar-refractivity contribution in [3.8, 4) is 0 Å². The first-order chi connectivity index (χ1) is 9.53. The minimum atomic E-state index is -0.831. The lowest BCUT2D eigenvalue weighted by Gasteiger charge is -2.35. The first kappa shape index (κ1) is 14.4. The number of amides is 1. The number of hydrogen-bond donors (Lipinski definition) is 2. The highest BCUT2D eigenvalue weighted by molar-refractivity contribution is 5.94. The Morgan fingerprint density at radius 3 is 2.65 bits per heavy atom. The Hall–Kier alpha value is -1.98. The smallest absolute Gasteiger partial charge is 0.311 e. The predicted molar refractivity (Wildman–Crippen MR) is 72.1 cm³/mol. The van der Waals surface area contributed by atoms with Gasteiger partial charge in [0.05, 0.1) is 23.4 Å². The Labute approximate surface area is 117 Å². The van der Waals surface area contributed by atoms with Crippen molar-refractivity contribution in [3.05, 3.63) is 24.0 Å². The molecule has 0 atom stereocenters. The van der Waals surface area contributed by atoms with Gasteiger partial charge in [0.1, 0.15) is 0 Å². The van der Waals surface area contributed by atoms with Gasteiger partial charge in [0.15, 0.2) is 0 Å². The number of carbonyl (C=O) groups excluding carboxylic acids is 1. The molecule has 0 spiro atoms. The number of hydrogen-bond acceptors (Lipinski definition) is 4. The van der Waals surface area contributed by atoms with Crippen LogP contribution in [0.1, 0.15) is 43.0 Å². The van der Waals surface area contributed by atoms with Crippen LogP contribution in [0.5, 0.6) is 0 Å². The quantitative estimate of drug-likeness (QED) is 0.869. The average molecular weight is 277 g/mol. The summed E-state index contributed by atoms with van der Waals surface area (Å²) in [5.74, 6) is -0.570. The third kappa shape index (κ3) is 3.12. The Bertz CT molecular complexity index is 482. The number of carbonyl (C=O) groups is 2. The van der Waals surface area contributed by atoms with Crippen LogP contribution in [0.4, 0.5) is 0 Å². The standard InChI is InChI=1S/C14H19N3O3/c1-10-2-5-14(6-3-10,13(19)20)9-15-12(18)11-4-7-16-17-8-11/h4,7-8,10H,2-3,5-6,9H2,1H3,(H,15,18)(H,19,20). The van der Waals surface area contributed by atoms with Crippen molar-refractivity contribution in [1.82, 2.24) is 15.5 Å². The van der Waals surface area contributed by atoms with E-state index in [-0.39, 0.29) is 12.5 Å². The molecule has 1 aliphatic carbocycles. The van der Waals surface area contributed by atoms with Crippen LogP contribution >= 0.6 is 0 Å². The van der Waals surface area contributed by atoms with E-state index in [0.717, 1.165) is 12.8 Å². The van der Waals surface area contributed by atoms with Crippen LogP contribution < -0.4 is 5.32 Å². The molecule has 1 aromatic heterocycles. The maximum absolute atomic E-state index is 11.9. The van der Waals surface area contributed by atoms with Gasteiger partial charge in [-0.25, -0.2) is 0 Å². The maximum Gasteiger partial charge on any atom is 0.311 e.